The molecular formula is C11H14N2O3. The average Bonchev–Trinajstić information content (AvgIpc) is 2.40. The van der Waals surface area contributed by atoms with Crippen LogP contribution in [-0.2, 0) is 6.42 Å². The van der Waals surface area contributed by atoms with E-state index in [0.717, 1.165) is 24.8 Å². The van der Waals surface area contributed by atoms with E-state index >= 15 is 0 Å². The van der Waals surface area contributed by atoms with Crippen molar-refractivity contribution in [2.75, 3.05) is 0 Å². The Hall–Kier alpha value is -1.46. The maximum absolute atomic E-state index is 10.7. The smallest absolute Gasteiger partial charge is 0.269 e. The van der Waals surface area contributed by atoms with Gasteiger partial charge < -0.3 is 10.8 Å². The molecule has 1 aromatic rings. The summed E-state index contributed by atoms with van der Waals surface area (Å²) in [5.74, 6) is 0. The summed E-state index contributed by atoms with van der Waals surface area (Å²) in [5, 5.41) is 20.6. The summed E-state index contributed by atoms with van der Waals surface area (Å²) >= 11 is 0. The van der Waals surface area contributed by atoms with E-state index in [1.807, 2.05) is 0 Å². The molecule has 16 heavy (non-hydrogen) atoms. The summed E-state index contributed by atoms with van der Waals surface area (Å²) in [6, 6.07) is 4.30. The summed E-state index contributed by atoms with van der Waals surface area (Å²) in [4.78, 5) is 10.2. The van der Waals surface area contributed by atoms with Crippen LogP contribution in [0.4, 0.5) is 5.69 Å². The first kappa shape index (κ1) is 11.0. The lowest BCUT2D eigenvalue weighted by Gasteiger charge is -2.17. The van der Waals surface area contributed by atoms with Crippen molar-refractivity contribution < 1.29 is 10.0 Å². The molecule has 0 aliphatic heterocycles. The van der Waals surface area contributed by atoms with Gasteiger partial charge in [-0.1, -0.05) is 6.07 Å². The monoisotopic (exact) mass is 222 g/mol. The standard InChI is InChI=1S/C11H14N2O3/c12-10-3-1-2-7-4-5-8(13(15)16)6-9(7)11(10)14/h4-6,10-11,14H,1-3,12H2/t10-,11-/m0/s1. The summed E-state index contributed by atoms with van der Waals surface area (Å²) < 4.78 is 0. The second-order valence-corrected chi connectivity index (χ2v) is 4.14. The average molecular weight is 222 g/mol. The Kier molecular flexibility index (Phi) is 2.89. The minimum absolute atomic E-state index is 0.00639. The third-order valence-electron chi connectivity index (χ3n) is 3.05. The van der Waals surface area contributed by atoms with Gasteiger partial charge in [-0.2, -0.15) is 0 Å². The van der Waals surface area contributed by atoms with Crippen molar-refractivity contribution in [3.8, 4) is 0 Å². The van der Waals surface area contributed by atoms with Gasteiger partial charge in [0.2, 0.25) is 0 Å². The molecule has 5 heteroatoms. The number of rotatable bonds is 1. The van der Waals surface area contributed by atoms with Gasteiger partial charge in [-0.15, -0.1) is 0 Å². The molecule has 2 rings (SSSR count). The number of nitro benzene ring substituents is 1. The molecular weight excluding hydrogens is 208 g/mol. The number of hydrogen-bond donors (Lipinski definition) is 2. The molecule has 0 saturated carbocycles. The Bertz CT molecular complexity index is 420. The first-order valence-electron chi connectivity index (χ1n) is 5.30. The lowest BCUT2D eigenvalue weighted by Crippen LogP contribution is -2.27. The van der Waals surface area contributed by atoms with E-state index in [4.69, 9.17) is 5.73 Å². The lowest BCUT2D eigenvalue weighted by molar-refractivity contribution is -0.385. The van der Waals surface area contributed by atoms with E-state index in [2.05, 4.69) is 0 Å². The van der Waals surface area contributed by atoms with Crippen LogP contribution in [0, 0.1) is 10.1 Å². The third kappa shape index (κ3) is 1.91. The van der Waals surface area contributed by atoms with Crippen LogP contribution in [0.3, 0.4) is 0 Å². The maximum Gasteiger partial charge on any atom is 0.269 e. The van der Waals surface area contributed by atoms with Gasteiger partial charge in [-0.05, 0) is 30.4 Å². The van der Waals surface area contributed by atoms with Crippen LogP contribution in [0.25, 0.3) is 0 Å². The molecule has 0 saturated heterocycles. The van der Waals surface area contributed by atoms with E-state index in [1.54, 1.807) is 6.07 Å². The zero-order chi connectivity index (χ0) is 11.7. The fourth-order valence-electron chi connectivity index (χ4n) is 2.12. The number of hydrogen-bond acceptors (Lipinski definition) is 4. The van der Waals surface area contributed by atoms with Gasteiger partial charge in [0.25, 0.3) is 5.69 Å². The van der Waals surface area contributed by atoms with Crippen LogP contribution in [0.15, 0.2) is 18.2 Å². The van der Waals surface area contributed by atoms with Crippen molar-refractivity contribution in [1.82, 2.24) is 0 Å². The summed E-state index contributed by atoms with van der Waals surface area (Å²) in [6.07, 6.45) is 1.67. The van der Waals surface area contributed by atoms with Gasteiger partial charge in [0, 0.05) is 18.2 Å². The number of nitrogens with zero attached hydrogens (tertiary/aromatic N) is 1. The molecule has 5 nitrogen and oxygen atoms in total. The van der Waals surface area contributed by atoms with Gasteiger partial charge in [-0.3, -0.25) is 10.1 Å². The van der Waals surface area contributed by atoms with E-state index in [0.29, 0.717) is 5.56 Å². The van der Waals surface area contributed by atoms with Gasteiger partial charge in [0.15, 0.2) is 0 Å². The van der Waals surface area contributed by atoms with Crippen molar-refractivity contribution >= 4 is 5.69 Å². The number of benzene rings is 1. The summed E-state index contributed by atoms with van der Waals surface area (Å²) in [7, 11) is 0. The third-order valence-corrected chi connectivity index (χ3v) is 3.05. The summed E-state index contributed by atoms with van der Waals surface area (Å²) in [5.41, 5.74) is 7.38. The number of aliphatic hydroxyl groups excluding tert-OH is 1. The highest BCUT2D eigenvalue weighted by molar-refractivity contribution is 5.42. The van der Waals surface area contributed by atoms with Gasteiger partial charge in [0.05, 0.1) is 11.0 Å². The molecule has 3 N–H and O–H groups in total. The van der Waals surface area contributed by atoms with Gasteiger partial charge in [-0.25, -0.2) is 0 Å². The van der Waals surface area contributed by atoms with E-state index in [9.17, 15) is 15.2 Å². The number of aliphatic hydroxyl groups is 1. The van der Waals surface area contributed by atoms with Crippen molar-refractivity contribution in [1.29, 1.82) is 0 Å². The minimum Gasteiger partial charge on any atom is -0.387 e. The molecule has 0 heterocycles. The molecule has 1 aliphatic carbocycles. The molecule has 0 fully saturated rings. The quantitative estimate of drug-likeness (QED) is 0.425. The second kappa shape index (κ2) is 4.19. The molecule has 0 unspecified atom stereocenters. The van der Waals surface area contributed by atoms with Crippen molar-refractivity contribution in [3.63, 3.8) is 0 Å². The molecule has 2 atom stereocenters. The zero-order valence-corrected chi connectivity index (χ0v) is 8.80. The molecule has 0 spiro atoms. The number of fused-ring (bicyclic) bond motifs is 1. The fourth-order valence-corrected chi connectivity index (χ4v) is 2.12. The highest BCUT2D eigenvalue weighted by atomic mass is 16.6. The number of aryl methyl sites for hydroxylation is 1. The molecule has 1 aromatic carbocycles. The first-order valence-corrected chi connectivity index (χ1v) is 5.30. The van der Waals surface area contributed by atoms with Crippen molar-refractivity contribution in [2.24, 2.45) is 5.73 Å². The fraction of sp³-hybridized carbons (Fsp3) is 0.455. The second-order valence-electron chi connectivity index (χ2n) is 4.14. The molecule has 86 valence electrons. The predicted octanol–water partition coefficient (Wildman–Crippen LogP) is 1.29. The Morgan fingerprint density at radius 3 is 2.94 bits per heavy atom. The number of nitro groups is 1. The van der Waals surface area contributed by atoms with E-state index in [1.165, 1.54) is 12.1 Å². The van der Waals surface area contributed by atoms with Crippen LogP contribution >= 0.6 is 0 Å². The molecule has 0 bridgehead atoms. The summed E-state index contributed by atoms with van der Waals surface area (Å²) in [6.45, 7) is 0. The van der Waals surface area contributed by atoms with Gasteiger partial charge >= 0.3 is 0 Å². The number of non-ortho nitro benzene ring substituents is 1. The molecule has 0 radical (unpaired) electrons. The SMILES string of the molecule is N[C@H]1CCCc2ccc([N+](=O)[O-])cc2[C@@H]1O. The van der Waals surface area contributed by atoms with Crippen LogP contribution < -0.4 is 5.73 Å². The topological polar surface area (TPSA) is 89.4 Å². The molecule has 0 aromatic heterocycles. The van der Waals surface area contributed by atoms with Crippen molar-refractivity contribution in [3.05, 3.63) is 39.4 Å². The Labute approximate surface area is 93.0 Å². The largest absolute Gasteiger partial charge is 0.387 e. The highest BCUT2D eigenvalue weighted by Gasteiger charge is 2.24. The van der Waals surface area contributed by atoms with Crippen LogP contribution in [0.5, 0.6) is 0 Å². The molecule has 0 amide bonds. The van der Waals surface area contributed by atoms with Crippen molar-refractivity contribution in [2.45, 2.75) is 31.4 Å². The maximum atomic E-state index is 10.7. The van der Waals surface area contributed by atoms with E-state index < -0.39 is 11.0 Å². The number of nitrogens with two attached hydrogens (primary N) is 1. The zero-order valence-electron chi connectivity index (χ0n) is 8.80. The first-order chi connectivity index (χ1) is 7.59. The Morgan fingerprint density at radius 1 is 1.50 bits per heavy atom. The Morgan fingerprint density at radius 2 is 2.25 bits per heavy atom. The van der Waals surface area contributed by atoms with Crippen LogP contribution in [0.2, 0.25) is 0 Å². The van der Waals surface area contributed by atoms with E-state index in [-0.39, 0.29) is 11.7 Å². The predicted molar refractivity (Wildman–Crippen MR) is 59.0 cm³/mol. The van der Waals surface area contributed by atoms with Gasteiger partial charge in [0.1, 0.15) is 0 Å². The van der Waals surface area contributed by atoms with Crippen LogP contribution in [0.1, 0.15) is 30.1 Å². The normalized spacial score (nSPS) is 24.6. The van der Waals surface area contributed by atoms with Crippen LogP contribution in [-0.4, -0.2) is 16.1 Å². The molecule has 1 aliphatic rings. The lowest BCUT2D eigenvalue weighted by atomic mass is 9.98. The highest BCUT2D eigenvalue weighted by Crippen LogP contribution is 2.30. The minimum atomic E-state index is -0.794. The Balaban J connectivity index is 2.46.